The molecule has 7 fully saturated rings. The highest BCUT2D eigenvalue weighted by atomic mass is 16.6. The van der Waals surface area contributed by atoms with E-state index in [1.807, 2.05) is 6.92 Å². The molecule has 62 heavy (non-hydrogen) atoms. The SMILES string of the molecule is CCCCC(CC)COC(=O)C1CC2OC2CC1C(=O)OCC(CC)CCCC.CCOC(=O)CCCCCCCC1CO1.O=C(OCC1CCC2OC2C1)C1CCC2OC2C1. The molecule has 0 bridgehead atoms. The summed E-state index contributed by atoms with van der Waals surface area (Å²) in [5.41, 5.74) is 0. The van der Waals surface area contributed by atoms with E-state index in [9.17, 15) is 19.2 Å². The molecule has 0 radical (unpaired) electrons. The van der Waals surface area contributed by atoms with Gasteiger partial charge in [-0.05, 0) is 102 Å². The molecule has 3 saturated carbocycles. The smallest absolute Gasteiger partial charge is 0.309 e. The minimum Gasteiger partial charge on any atom is -0.466 e. The van der Waals surface area contributed by atoms with Crippen LogP contribution in [0.25, 0.3) is 0 Å². The third kappa shape index (κ3) is 18.3. The Morgan fingerprint density at radius 2 is 1.08 bits per heavy atom. The fourth-order valence-electron chi connectivity index (χ4n) is 9.57. The molecule has 13 unspecified atom stereocenters. The Hall–Kier alpha value is -2.28. The summed E-state index contributed by atoms with van der Waals surface area (Å²) in [4.78, 5) is 48.6. The maximum absolute atomic E-state index is 12.8. The van der Waals surface area contributed by atoms with E-state index >= 15 is 0 Å². The molecule has 0 spiro atoms. The third-order valence-corrected chi connectivity index (χ3v) is 14.3. The van der Waals surface area contributed by atoms with Crippen molar-refractivity contribution in [2.24, 2.45) is 35.5 Å². The first-order valence-corrected chi connectivity index (χ1v) is 25.4. The van der Waals surface area contributed by atoms with Crippen molar-refractivity contribution in [3.63, 3.8) is 0 Å². The van der Waals surface area contributed by atoms with Crippen LogP contribution in [-0.4, -0.2) is 99.6 Å². The van der Waals surface area contributed by atoms with Gasteiger partial charge in [-0.1, -0.05) is 91.9 Å². The largest absolute Gasteiger partial charge is 0.466 e. The Morgan fingerprint density at radius 1 is 0.548 bits per heavy atom. The van der Waals surface area contributed by atoms with E-state index in [0.717, 1.165) is 109 Å². The molecular weight excluding hydrogens is 793 g/mol. The highest BCUT2D eigenvalue weighted by molar-refractivity contribution is 5.82. The Morgan fingerprint density at radius 3 is 1.61 bits per heavy atom. The number of fused-ring (bicyclic) bond motifs is 3. The van der Waals surface area contributed by atoms with Crippen molar-refractivity contribution in [1.82, 2.24) is 0 Å². The minimum absolute atomic E-state index is 0.00258. The van der Waals surface area contributed by atoms with E-state index in [2.05, 4.69) is 27.7 Å². The first kappa shape index (κ1) is 50.7. The van der Waals surface area contributed by atoms with E-state index in [-0.39, 0.29) is 42.0 Å². The van der Waals surface area contributed by atoms with Gasteiger partial charge in [-0.2, -0.15) is 0 Å². The van der Waals surface area contributed by atoms with Crippen LogP contribution in [0.3, 0.4) is 0 Å². The first-order chi connectivity index (χ1) is 30.2. The van der Waals surface area contributed by atoms with Gasteiger partial charge in [-0.25, -0.2) is 0 Å². The molecule has 0 aromatic carbocycles. The molecule has 0 aromatic rings. The van der Waals surface area contributed by atoms with Crippen molar-refractivity contribution in [2.45, 2.75) is 225 Å². The van der Waals surface area contributed by atoms with Crippen molar-refractivity contribution in [2.75, 3.05) is 33.0 Å². The van der Waals surface area contributed by atoms with Crippen molar-refractivity contribution >= 4 is 23.9 Å². The first-order valence-electron chi connectivity index (χ1n) is 25.4. The summed E-state index contributed by atoms with van der Waals surface area (Å²) >= 11 is 0. The molecule has 7 aliphatic rings. The van der Waals surface area contributed by atoms with Crippen LogP contribution in [0.2, 0.25) is 0 Å². The summed E-state index contributed by atoms with van der Waals surface area (Å²) in [6.07, 6.45) is 26.5. The van der Waals surface area contributed by atoms with Crippen molar-refractivity contribution in [3.05, 3.63) is 0 Å². The molecule has 3 aliphatic carbocycles. The quantitative estimate of drug-likeness (QED) is 0.0352. The summed E-state index contributed by atoms with van der Waals surface area (Å²) in [6, 6.07) is 0. The Kier molecular flexibility index (Phi) is 22.3. The molecule has 12 heteroatoms. The van der Waals surface area contributed by atoms with E-state index in [0.29, 0.717) is 94.0 Å². The lowest BCUT2D eigenvalue weighted by molar-refractivity contribution is -0.163. The number of carbonyl (C=O) groups is 4. The molecule has 4 heterocycles. The Bertz CT molecular complexity index is 1290. The summed E-state index contributed by atoms with van der Waals surface area (Å²) in [6.45, 7) is 13.5. The number of unbranched alkanes of at least 4 members (excludes halogenated alkanes) is 6. The highest BCUT2D eigenvalue weighted by Crippen LogP contribution is 2.44. The highest BCUT2D eigenvalue weighted by Gasteiger charge is 2.54. The predicted octanol–water partition coefficient (Wildman–Crippen LogP) is 9.64. The van der Waals surface area contributed by atoms with Gasteiger partial charge in [0.1, 0.15) is 0 Å². The second-order valence-corrected chi connectivity index (χ2v) is 19.3. The lowest BCUT2D eigenvalue weighted by Crippen LogP contribution is -2.38. The van der Waals surface area contributed by atoms with Crippen LogP contribution in [0.1, 0.15) is 182 Å². The van der Waals surface area contributed by atoms with Crippen molar-refractivity contribution in [1.29, 1.82) is 0 Å². The number of epoxide rings is 4. The van der Waals surface area contributed by atoms with Crippen molar-refractivity contribution in [3.8, 4) is 0 Å². The van der Waals surface area contributed by atoms with Crippen LogP contribution >= 0.6 is 0 Å². The van der Waals surface area contributed by atoms with E-state index in [4.69, 9.17) is 37.9 Å². The number of hydrogen-bond acceptors (Lipinski definition) is 12. The molecule has 4 saturated heterocycles. The predicted molar refractivity (Wildman–Crippen MR) is 235 cm³/mol. The number of esters is 4. The zero-order valence-corrected chi connectivity index (χ0v) is 39.2. The van der Waals surface area contributed by atoms with Crippen LogP contribution in [-0.2, 0) is 57.1 Å². The molecule has 7 rings (SSSR count). The molecule has 0 N–H and O–H groups in total. The van der Waals surface area contributed by atoms with Crippen molar-refractivity contribution < 1.29 is 57.1 Å². The summed E-state index contributed by atoms with van der Waals surface area (Å²) in [7, 11) is 0. The molecule has 12 nitrogen and oxygen atoms in total. The van der Waals surface area contributed by atoms with Gasteiger partial charge >= 0.3 is 23.9 Å². The second-order valence-electron chi connectivity index (χ2n) is 19.3. The van der Waals surface area contributed by atoms with Gasteiger partial charge in [0, 0.05) is 6.42 Å². The van der Waals surface area contributed by atoms with Crippen LogP contribution in [0.5, 0.6) is 0 Å². The van der Waals surface area contributed by atoms with E-state index in [1.165, 1.54) is 25.7 Å². The molecule has 356 valence electrons. The average Bonchev–Trinajstić information content (AvgIpc) is 4.07. The monoisotopic (exact) mass is 877 g/mol. The van der Waals surface area contributed by atoms with Crippen LogP contribution in [0, 0.1) is 35.5 Å². The molecule has 13 atom stereocenters. The van der Waals surface area contributed by atoms with Gasteiger partial charge in [0.25, 0.3) is 0 Å². The minimum atomic E-state index is -0.425. The maximum atomic E-state index is 12.8. The lowest BCUT2D eigenvalue weighted by atomic mass is 9.79. The van der Waals surface area contributed by atoms with Crippen LogP contribution in [0.15, 0.2) is 0 Å². The van der Waals surface area contributed by atoms with Gasteiger partial charge in [0.15, 0.2) is 0 Å². The lowest BCUT2D eigenvalue weighted by Gasteiger charge is -2.27. The summed E-state index contributed by atoms with van der Waals surface area (Å²) < 4.78 is 43.4. The third-order valence-electron chi connectivity index (χ3n) is 14.3. The van der Waals surface area contributed by atoms with Gasteiger partial charge in [0.2, 0.25) is 0 Å². The van der Waals surface area contributed by atoms with Gasteiger partial charge in [-0.15, -0.1) is 0 Å². The van der Waals surface area contributed by atoms with Gasteiger partial charge < -0.3 is 37.9 Å². The Balaban J connectivity index is 0.000000188. The van der Waals surface area contributed by atoms with E-state index in [1.54, 1.807) is 0 Å². The molecule has 0 amide bonds. The number of carbonyl (C=O) groups excluding carboxylic acids is 4. The standard InChI is InChI=1S/C24H42O5.C14H20O4.C12H22O3/c1-5-9-11-17(7-3)15-27-23(25)19-13-21-22(29-21)14-20(19)24(26)28-16-18(8-4)12-10-6-2;15-14(9-2-4-11-13(6-9)18-11)16-7-8-1-3-10-12(5-8)17-10;1-2-14-12(13)9-7-5-3-4-6-8-11-10-15-11/h17-22H,5-16H2,1-4H3;8-13H,1-7H2;11H,2-10H2,1H3. The second kappa shape index (κ2) is 27.3. The number of hydrogen-bond donors (Lipinski definition) is 0. The number of ether oxygens (including phenoxy) is 8. The molecule has 0 aromatic heterocycles. The zero-order valence-electron chi connectivity index (χ0n) is 39.2. The Labute approximate surface area is 373 Å². The summed E-state index contributed by atoms with van der Waals surface area (Å²) in [5, 5.41) is 0. The molecule has 4 aliphatic heterocycles. The zero-order chi connectivity index (χ0) is 44.3. The maximum Gasteiger partial charge on any atom is 0.309 e. The average molecular weight is 877 g/mol. The van der Waals surface area contributed by atoms with Gasteiger partial charge in [0.05, 0.1) is 93.5 Å². The fraction of sp³-hybridized carbons (Fsp3) is 0.920. The van der Waals surface area contributed by atoms with Gasteiger partial charge in [-0.3, -0.25) is 19.2 Å². The van der Waals surface area contributed by atoms with Crippen LogP contribution < -0.4 is 0 Å². The fourth-order valence-corrected chi connectivity index (χ4v) is 9.57. The summed E-state index contributed by atoms with van der Waals surface area (Å²) in [5.74, 6) is 0.0302. The van der Waals surface area contributed by atoms with Crippen LogP contribution in [0.4, 0.5) is 0 Å². The normalized spacial score (nSPS) is 31.7. The number of rotatable bonds is 26. The van der Waals surface area contributed by atoms with E-state index < -0.39 is 11.8 Å². The molecular formula is C50H84O12. The topological polar surface area (TPSA) is 155 Å².